The van der Waals surface area contributed by atoms with Crippen molar-refractivity contribution in [2.24, 2.45) is 0 Å². The summed E-state index contributed by atoms with van der Waals surface area (Å²) >= 11 is 0. The van der Waals surface area contributed by atoms with Gasteiger partial charge in [-0.05, 0) is 101 Å². The van der Waals surface area contributed by atoms with Gasteiger partial charge in [-0.25, -0.2) is 9.59 Å². The monoisotopic (exact) mass is 602 g/mol. The maximum Gasteiger partial charge on any atom is 0.336 e. The first-order valence-electron chi connectivity index (χ1n) is 15.8. The van der Waals surface area contributed by atoms with Gasteiger partial charge in [0.15, 0.2) is 0 Å². The van der Waals surface area contributed by atoms with Crippen LogP contribution in [-0.2, 0) is 44.7 Å². The lowest BCUT2D eigenvalue weighted by Crippen LogP contribution is -2.32. The number of unbranched alkanes of at least 4 members (excludes halogenated alkanes) is 2. The molecule has 0 amide bonds. The van der Waals surface area contributed by atoms with Crippen molar-refractivity contribution < 1.29 is 24.0 Å². The first-order valence-corrected chi connectivity index (χ1v) is 15.8. The normalized spacial score (nSPS) is 17.8. The number of methoxy groups -OCH3 is 1. The molecule has 0 saturated heterocycles. The number of carbonyl (C=O) groups is 2. The van der Waals surface area contributed by atoms with Crippen molar-refractivity contribution in [1.82, 2.24) is 10.3 Å². The third kappa shape index (κ3) is 6.64. The first kappa shape index (κ1) is 31.2. The van der Waals surface area contributed by atoms with Crippen molar-refractivity contribution in [2.75, 3.05) is 25.6 Å². The second kappa shape index (κ2) is 14.1. The Morgan fingerprint density at radius 3 is 2.23 bits per heavy atom. The smallest absolute Gasteiger partial charge is 0.336 e. The number of esters is 2. The zero-order valence-electron chi connectivity index (χ0n) is 25.9. The number of ether oxygens (including phenoxy) is 2. The summed E-state index contributed by atoms with van der Waals surface area (Å²) in [6, 6.07) is 5.98. The molecule has 10 nitrogen and oxygen atoms in total. The van der Waals surface area contributed by atoms with Crippen molar-refractivity contribution in [2.45, 2.75) is 90.4 Å². The van der Waals surface area contributed by atoms with Crippen molar-refractivity contribution in [3.63, 3.8) is 0 Å². The summed E-state index contributed by atoms with van der Waals surface area (Å²) in [5.74, 6) is -2.04. The summed E-state index contributed by atoms with van der Waals surface area (Å²) in [6.45, 7) is 4.54. The third-order valence-electron chi connectivity index (χ3n) is 8.91. The Kier molecular flexibility index (Phi) is 9.97. The molecule has 5 rings (SSSR count). The number of fused-ring (bicyclic) bond motifs is 2. The van der Waals surface area contributed by atoms with Gasteiger partial charge in [-0.1, -0.05) is 12.1 Å². The number of nitro groups is 1. The Morgan fingerprint density at radius 2 is 1.59 bits per heavy atom. The summed E-state index contributed by atoms with van der Waals surface area (Å²) in [6.07, 6.45) is 11.7. The van der Waals surface area contributed by atoms with Gasteiger partial charge in [-0.3, -0.25) is 15.1 Å². The van der Waals surface area contributed by atoms with Gasteiger partial charge < -0.3 is 20.1 Å². The molecule has 1 unspecified atom stereocenters. The van der Waals surface area contributed by atoms with Crippen LogP contribution < -0.4 is 10.6 Å². The summed E-state index contributed by atoms with van der Waals surface area (Å²) in [5.41, 5.74) is 8.58. The zero-order chi connectivity index (χ0) is 31.2. The van der Waals surface area contributed by atoms with Gasteiger partial charge >= 0.3 is 11.9 Å². The first-order chi connectivity index (χ1) is 21.3. The molecule has 3 aliphatic rings. The summed E-state index contributed by atoms with van der Waals surface area (Å²) in [7, 11) is 1.27. The van der Waals surface area contributed by atoms with Gasteiger partial charge in [-0.15, -0.1) is 0 Å². The van der Waals surface area contributed by atoms with Crippen LogP contribution in [0.1, 0.15) is 92.8 Å². The molecule has 0 saturated carbocycles. The fourth-order valence-corrected chi connectivity index (χ4v) is 6.78. The van der Waals surface area contributed by atoms with Crippen LogP contribution in [0.15, 0.2) is 46.8 Å². The molecule has 234 valence electrons. The number of carbonyl (C=O) groups excluding carboxylic acids is 2. The standard InChI is InChI=1S/C34H42N4O6/c1-21-29(33(39)43-3)31(23-12-11-13-24(20-23)38(41)42)30(22(2)36-21)34(40)44-19-10-4-9-18-35-32-25-14-5-7-16-27(25)37-28-17-8-6-15-26(28)32/h11-13,20,31,36H,4-10,14-19H2,1-3H3,(H,35,37). The molecule has 0 bridgehead atoms. The number of hydrogen-bond acceptors (Lipinski definition) is 9. The highest BCUT2D eigenvalue weighted by atomic mass is 16.6. The average molecular weight is 603 g/mol. The zero-order valence-corrected chi connectivity index (χ0v) is 25.9. The van der Waals surface area contributed by atoms with Gasteiger partial charge in [0.25, 0.3) is 5.69 Å². The lowest BCUT2D eigenvalue weighted by Gasteiger charge is -2.30. The van der Waals surface area contributed by atoms with E-state index in [0.717, 1.165) is 45.1 Å². The maximum absolute atomic E-state index is 13.5. The predicted octanol–water partition coefficient (Wildman–Crippen LogP) is 5.98. The van der Waals surface area contributed by atoms with Crippen LogP contribution in [0.5, 0.6) is 0 Å². The highest BCUT2D eigenvalue weighted by Gasteiger charge is 2.38. The molecular formula is C34H42N4O6. The molecule has 1 aromatic heterocycles. The Hall–Kier alpha value is -4.21. The van der Waals surface area contributed by atoms with Crippen LogP contribution in [0, 0.1) is 10.1 Å². The van der Waals surface area contributed by atoms with Gasteiger partial charge in [0.2, 0.25) is 0 Å². The second-order valence-corrected chi connectivity index (χ2v) is 11.9. The minimum absolute atomic E-state index is 0.130. The SMILES string of the molecule is COC(=O)C1=C(C)NC(C)=C(C(=O)OCCCCCNc2c3c(nc4c2CCCC4)CCCC3)C1c1cccc([N+](=O)[O-])c1. The number of nitrogens with zero attached hydrogens (tertiary/aromatic N) is 2. The molecule has 2 N–H and O–H groups in total. The quantitative estimate of drug-likeness (QED) is 0.138. The number of non-ortho nitro benzene ring substituents is 1. The molecule has 1 aliphatic heterocycles. The molecule has 2 aliphatic carbocycles. The number of dihydropyridines is 1. The van der Waals surface area contributed by atoms with Crippen LogP contribution in [0.2, 0.25) is 0 Å². The number of aromatic nitrogens is 1. The lowest BCUT2D eigenvalue weighted by molar-refractivity contribution is -0.384. The Labute approximate surface area is 258 Å². The van der Waals surface area contributed by atoms with Crippen LogP contribution in [0.3, 0.4) is 0 Å². The number of anilines is 1. The summed E-state index contributed by atoms with van der Waals surface area (Å²) in [5, 5.41) is 18.3. The van der Waals surface area contributed by atoms with Crippen molar-refractivity contribution in [3.8, 4) is 0 Å². The number of allylic oxidation sites excluding steroid dienone is 2. The number of hydrogen-bond donors (Lipinski definition) is 2. The fourth-order valence-electron chi connectivity index (χ4n) is 6.78. The number of benzene rings is 1. The van der Waals surface area contributed by atoms with Crippen LogP contribution in [-0.4, -0.2) is 42.1 Å². The molecule has 2 aromatic rings. The Bertz CT molecular complexity index is 1480. The molecule has 10 heteroatoms. The molecule has 2 heterocycles. The van der Waals surface area contributed by atoms with E-state index in [2.05, 4.69) is 10.6 Å². The van der Waals surface area contributed by atoms with E-state index in [9.17, 15) is 19.7 Å². The van der Waals surface area contributed by atoms with E-state index in [1.54, 1.807) is 26.0 Å². The highest BCUT2D eigenvalue weighted by molar-refractivity contribution is 5.99. The fraction of sp³-hybridized carbons (Fsp3) is 0.500. The number of nitro benzene ring substituents is 1. The van der Waals surface area contributed by atoms with E-state index in [0.29, 0.717) is 23.4 Å². The number of nitrogens with one attached hydrogen (secondary N) is 2. The van der Waals surface area contributed by atoms with E-state index in [1.165, 1.54) is 73.1 Å². The Balaban J connectivity index is 1.20. The van der Waals surface area contributed by atoms with E-state index in [-0.39, 0.29) is 23.4 Å². The number of rotatable bonds is 11. The number of aryl methyl sites for hydroxylation is 2. The minimum atomic E-state index is -0.863. The highest BCUT2D eigenvalue weighted by Crippen LogP contribution is 2.40. The molecule has 1 aromatic carbocycles. The molecule has 0 radical (unpaired) electrons. The second-order valence-electron chi connectivity index (χ2n) is 11.9. The third-order valence-corrected chi connectivity index (χ3v) is 8.91. The number of pyridine rings is 1. The van der Waals surface area contributed by atoms with Crippen molar-refractivity contribution in [3.05, 3.63) is 85.0 Å². The maximum atomic E-state index is 13.5. The molecule has 0 spiro atoms. The minimum Gasteiger partial charge on any atom is -0.466 e. The lowest BCUT2D eigenvalue weighted by atomic mass is 9.80. The average Bonchev–Trinajstić information content (AvgIpc) is 3.03. The van der Waals surface area contributed by atoms with E-state index >= 15 is 0 Å². The topological polar surface area (TPSA) is 133 Å². The summed E-state index contributed by atoms with van der Waals surface area (Å²) < 4.78 is 10.7. The van der Waals surface area contributed by atoms with Crippen LogP contribution in [0.4, 0.5) is 11.4 Å². The van der Waals surface area contributed by atoms with Crippen molar-refractivity contribution >= 4 is 23.3 Å². The van der Waals surface area contributed by atoms with Gasteiger partial charge in [0.1, 0.15) is 0 Å². The molecule has 1 atom stereocenters. The largest absolute Gasteiger partial charge is 0.466 e. The van der Waals surface area contributed by atoms with Gasteiger partial charge in [-0.2, -0.15) is 0 Å². The van der Waals surface area contributed by atoms with Crippen LogP contribution >= 0.6 is 0 Å². The van der Waals surface area contributed by atoms with Crippen LogP contribution in [0.25, 0.3) is 0 Å². The van der Waals surface area contributed by atoms with E-state index in [1.807, 2.05) is 0 Å². The molecule has 44 heavy (non-hydrogen) atoms. The van der Waals surface area contributed by atoms with Gasteiger partial charge in [0, 0.05) is 47.1 Å². The van der Waals surface area contributed by atoms with Crippen molar-refractivity contribution in [1.29, 1.82) is 0 Å². The molecule has 0 fully saturated rings. The van der Waals surface area contributed by atoms with Gasteiger partial charge in [0.05, 0.1) is 35.7 Å². The Morgan fingerprint density at radius 1 is 0.955 bits per heavy atom. The predicted molar refractivity (Wildman–Crippen MR) is 167 cm³/mol. The van der Waals surface area contributed by atoms with E-state index < -0.39 is 22.8 Å². The molecular weight excluding hydrogens is 560 g/mol. The summed E-state index contributed by atoms with van der Waals surface area (Å²) in [4.78, 5) is 42.3. The van der Waals surface area contributed by atoms with E-state index in [4.69, 9.17) is 14.5 Å².